The van der Waals surface area contributed by atoms with Crippen molar-refractivity contribution >= 4 is 18.0 Å². The Bertz CT molecular complexity index is 479. The quantitative estimate of drug-likeness (QED) is 0.712. The van der Waals surface area contributed by atoms with Gasteiger partial charge in [-0.25, -0.2) is 4.79 Å². The highest BCUT2D eigenvalue weighted by atomic mass is 16.5. The second kappa shape index (κ2) is 5.49. The van der Waals surface area contributed by atoms with E-state index in [1.165, 1.54) is 12.0 Å². The van der Waals surface area contributed by atoms with Gasteiger partial charge in [-0.3, -0.25) is 4.79 Å². The number of hydrogen-bond donors (Lipinski definition) is 0. The van der Waals surface area contributed by atoms with Crippen LogP contribution in [-0.4, -0.2) is 37.0 Å². The van der Waals surface area contributed by atoms with Gasteiger partial charge in [-0.1, -0.05) is 30.3 Å². The lowest BCUT2D eigenvalue weighted by Crippen LogP contribution is -2.39. The van der Waals surface area contributed by atoms with E-state index in [2.05, 4.69) is 4.74 Å². The van der Waals surface area contributed by atoms with Crippen LogP contribution in [0.25, 0.3) is 6.08 Å². The number of benzene rings is 1. The van der Waals surface area contributed by atoms with Crippen LogP contribution in [0.3, 0.4) is 0 Å². The molecule has 1 fully saturated rings. The van der Waals surface area contributed by atoms with Crippen molar-refractivity contribution in [2.45, 2.75) is 6.42 Å². The normalized spacial score (nSPS) is 17.9. The van der Waals surface area contributed by atoms with Gasteiger partial charge >= 0.3 is 6.09 Å². The van der Waals surface area contributed by atoms with Crippen molar-refractivity contribution in [2.24, 2.45) is 0 Å². The highest BCUT2D eigenvalue weighted by Gasteiger charge is 2.25. The predicted octanol–water partition coefficient (Wildman–Crippen LogP) is 2.11. The molecule has 0 N–H and O–H groups in total. The Kier molecular flexibility index (Phi) is 3.77. The molecule has 4 heteroatoms. The number of likely N-dealkylation sites (tertiary alicyclic amines) is 1. The van der Waals surface area contributed by atoms with E-state index in [4.69, 9.17) is 0 Å². The molecule has 0 aliphatic carbocycles. The highest BCUT2D eigenvalue weighted by Crippen LogP contribution is 2.16. The van der Waals surface area contributed by atoms with Crippen molar-refractivity contribution in [3.8, 4) is 0 Å². The van der Waals surface area contributed by atoms with Crippen LogP contribution in [0.2, 0.25) is 0 Å². The van der Waals surface area contributed by atoms with Crippen LogP contribution in [0, 0.1) is 0 Å². The zero-order valence-electron chi connectivity index (χ0n) is 10.3. The van der Waals surface area contributed by atoms with Crippen LogP contribution >= 0.6 is 0 Å². The van der Waals surface area contributed by atoms with Gasteiger partial charge in [0, 0.05) is 18.5 Å². The third-order valence-electron chi connectivity index (χ3n) is 2.90. The summed E-state index contributed by atoms with van der Waals surface area (Å²) < 4.78 is 4.67. The SMILES string of the molecule is COC(=O)N1CCC(=O)/C(=C/c2ccccc2)C1. The highest BCUT2D eigenvalue weighted by molar-refractivity contribution is 6.01. The average Bonchev–Trinajstić information content (AvgIpc) is 2.41. The Labute approximate surface area is 106 Å². The molecule has 1 amide bonds. The third kappa shape index (κ3) is 2.77. The van der Waals surface area contributed by atoms with Gasteiger partial charge < -0.3 is 9.64 Å². The number of carbonyl (C=O) groups excluding carboxylic acids is 2. The average molecular weight is 245 g/mol. The minimum Gasteiger partial charge on any atom is -0.453 e. The van der Waals surface area contributed by atoms with Crippen molar-refractivity contribution in [1.82, 2.24) is 4.90 Å². The molecule has 2 rings (SSSR count). The second-order valence-electron chi connectivity index (χ2n) is 4.15. The Balaban J connectivity index is 2.18. The Hall–Kier alpha value is -2.10. The number of hydrogen-bond acceptors (Lipinski definition) is 3. The molecular weight excluding hydrogens is 230 g/mol. The van der Waals surface area contributed by atoms with Gasteiger partial charge in [0.15, 0.2) is 5.78 Å². The number of carbonyl (C=O) groups is 2. The van der Waals surface area contributed by atoms with E-state index >= 15 is 0 Å². The van der Waals surface area contributed by atoms with Gasteiger partial charge in [0.2, 0.25) is 0 Å². The number of rotatable bonds is 1. The minimum atomic E-state index is -0.388. The maximum Gasteiger partial charge on any atom is 0.409 e. The monoisotopic (exact) mass is 245 g/mol. The number of ketones is 1. The first-order valence-electron chi connectivity index (χ1n) is 5.82. The summed E-state index contributed by atoms with van der Waals surface area (Å²) in [6, 6.07) is 9.61. The lowest BCUT2D eigenvalue weighted by atomic mass is 10.0. The molecule has 0 radical (unpaired) electrons. The summed E-state index contributed by atoms with van der Waals surface area (Å²) in [6.07, 6.45) is 1.80. The summed E-state index contributed by atoms with van der Waals surface area (Å²) in [5.41, 5.74) is 1.62. The second-order valence-corrected chi connectivity index (χ2v) is 4.15. The van der Waals surface area contributed by atoms with Gasteiger partial charge in [-0.15, -0.1) is 0 Å². The lowest BCUT2D eigenvalue weighted by Gasteiger charge is -2.26. The fourth-order valence-corrected chi connectivity index (χ4v) is 1.93. The number of methoxy groups -OCH3 is 1. The number of nitrogens with zero attached hydrogens (tertiary/aromatic N) is 1. The number of ether oxygens (including phenoxy) is 1. The van der Waals surface area contributed by atoms with Crippen molar-refractivity contribution in [2.75, 3.05) is 20.2 Å². The van der Waals surface area contributed by atoms with Crippen molar-refractivity contribution in [1.29, 1.82) is 0 Å². The largest absolute Gasteiger partial charge is 0.453 e. The Morgan fingerprint density at radius 2 is 2.06 bits per heavy atom. The van der Waals surface area contributed by atoms with Gasteiger partial charge in [0.05, 0.1) is 13.7 Å². The maximum absolute atomic E-state index is 11.8. The smallest absolute Gasteiger partial charge is 0.409 e. The third-order valence-corrected chi connectivity index (χ3v) is 2.90. The fraction of sp³-hybridized carbons (Fsp3) is 0.286. The van der Waals surface area contributed by atoms with Gasteiger partial charge in [0.25, 0.3) is 0 Å². The maximum atomic E-state index is 11.8. The molecule has 1 aromatic carbocycles. The number of amides is 1. The van der Waals surface area contributed by atoms with Gasteiger partial charge in [-0.2, -0.15) is 0 Å². The number of piperidine rings is 1. The molecule has 94 valence electrons. The Morgan fingerprint density at radius 1 is 1.33 bits per heavy atom. The van der Waals surface area contributed by atoms with Crippen LogP contribution in [0.5, 0.6) is 0 Å². The van der Waals surface area contributed by atoms with E-state index in [0.29, 0.717) is 25.1 Å². The molecule has 0 aromatic heterocycles. The molecule has 1 aromatic rings. The molecule has 0 saturated carbocycles. The first kappa shape index (κ1) is 12.4. The summed E-state index contributed by atoms with van der Waals surface area (Å²) >= 11 is 0. The van der Waals surface area contributed by atoms with E-state index in [0.717, 1.165) is 5.56 Å². The standard InChI is InChI=1S/C14H15NO3/c1-18-14(17)15-8-7-13(16)12(10-15)9-11-5-3-2-4-6-11/h2-6,9H,7-8,10H2,1H3/b12-9+. The first-order valence-corrected chi connectivity index (χ1v) is 5.82. The van der Waals surface area contributed by atoms with Crippen molar-refractivity contribution in [3.63, 3.8) is 0 Å². The predicted molar refractivity (Wildman–Crippen MR) is 68.0 cm³/mol. The summed E-state index contributed by atoms with van der Waals surface area (Å²) in [6.45, 7) is 0.748. The summed E-state index contributed by atoms with van der Waals surface area (Å²) in [5.74, 6) is 0.0963. The topological polar surface area (TPSA) is 46.6 Å². The van der Waals surface area contributed by atoms with Gasteiger partial charge in [-0.05, 0) is 11.6 Å². The molecule has 1 aliphatic heterocycles. The van der Waals surface area contributed by atoms with Gasteiger partial charge in [0.1, 0.15) is 0 Å². The molecule has 0 unspecified atom stereocenters. The molecule has 1 heterocycles. The summed E-state index contributed by atoms with van der Waals surface area (Å²) in [4.78, 5) is 24.8. The van der Waals surface area contributed by atoms with Crippen LogP contribution < -0.4 is 0 Å². The molecule has 0 bridgehead atoms. The molecule has 1 aliphatic rings. The van der Waals surface area contributed by atoms with E-state index in [-0.39, 0.29) is 11.9 Å². The molecular formula is C14H15NO3. The van der Waals surface area contributed by atoms with E-state index in [1.807, 2.05) is 36.4 Å². The molecule has 18 heavy (non-hydrogen) atoms. The number of Topliss-reactive ketones (excluding diaryl/α,β-unsaturated/α-hetero) is 1. The van der Waals surface area contributed by atoms with Crippen LogP contribution in [0.4, 0.5) is 4.79 Å². The lowest BCUT2D eigenvalue weighted by molar-refractivity contribution is -0.116. The summed E-state index contributed by atoms with van der Waals surface area (Å²) in [5, 5.41) is 0. The zero-order valence-corrected chi connectivity index (χ0v) is 10.3. The summed E-state index contributed by atoms with van der Waals surface area (Å²) in [7, 11) is 1.35. The molecule has 0 spiro atoms. The van der Waals surface area contributed by atoms with Crippen LogP contribution in [0.1, 0.15) is 12.0 Å². The first-order chi connectivity index (χ1) is 8.70. The van der Waals surface area contributed by atoms with E-state index < -0.39 is 0 Å². The van der Waals surface area contributed by atoms with Crippen molar-refractivity contribution < 1.29 is 14.3 Å². The van der Waals surface area contributed by atoms with Crippen LogP contribution in [0.15, 0.2) is 35.9 Å². The van der Waals surface area contributed by atoms with Crippen LogP contribution in [-0.2, 0) is 9.53 Å². The molecule has 1 saturated heterocycles. The minimum absolute atomic E-state index is 0.0963. The van der Waals surface area contributed by atoms with E-state index in [1.54, 1.807) is 0 Å². The molecule has 4 nitrogen and oxygen atoms in total. The molecule has 0 atom stereocenters. The zero-order chi connectivity index (χ0) is 13.0. The van der Waals surface area contributed by atoms with E-state index in [9.17, 15) is 9.59 Å². The fourth-order valence-electron chi connectivity index (χ4n) is 1.93. The Morgan fingerprint density at radius 3 is 2.72 bits per heavy atom. The van der Waals surface area contributed by atoms with Crippen molar-refractivity contribution in [3.05, 3.63) is 41.5 Å².